The average Bonchev–Trinajstić information content (AvgIpc) is 2.17. The summed E-state index contributed by atoms with van der Waals surface area (Å²) in [6.07, 6.45) is -3.67. The molecule has 0 bridgehead atoms. The lowest BCUT2D eigenvalue weighted by Crippen LogP contribution is -2.11. The summed E-state index contributed by atoms with van der Waals surface area (Å²) in [5, 5.41) is 2.94. The van der Waals surface area contributed by atoms with Crippen molar-refractivity contribution in [2.24, 2.45) is 0 Å². The minimum Gasteiger partial charge on any atom is -0.316 e. The number of likely N-dealkylation sites (N-methyl/N-ethyl adjacent to an activating group) is 1. The van der Waals surface area contributed by atoms with E-state index in [9.17, 15) is 13.2 Å². The molecule has 0 amide bonds. The quantitative estimate of drug-likeness (QED) is 0.782. The summed E-state index contributed by atoms with van der Waals surface area (Å²) in [4.78, 5) is 0. The van der Waals surface area contributed by atoms with E-state index in [1.807, 2.05) is 0 Å². The summed E-state index contributed by atoms with van der Waals surface area (Å²) in [7, 11) is 1.80. The van der Waals surface area contributed by atoms with E-state index in [1.165, 1.54) is 12.1 Å². The van der Waals surface area contributed by atoms with Crippen molar-refractivity contribution in [1.29, 1.82) is 0 Å². The van der Waals surface area contributed by atoms with Crippen molar-refractivity contribution >= 4 is 0 Å². The van der Waals surface area contributed by atoms with E-state index in [2.05, 4.69) is 11.9 Å². The molecule has 0 atom stereocenters. The number of nitrogens with one attached hydrogen (secondary N) is 1. The highest BCUT2D eigenvalue weighted by atomic mass is 19.4. The maximum Gasteiger partial charge on any atom is 0.416 e. The molecule has 0 radical (unpaired) electrons. The molecule has 16 heavy (non-hydrogen) atoms. The van der Waals surface area contributed by atoms with Gasteiger partial charge in [-0.25, -0.2) is 0 Å². The fourth-order valence-electron chi connectivity index (χ4n) is 1.41. The van der Waals surface area contributed by atoms with Crippen LogP contribution < -0.4 is 5.32 Å². The Morgan fingerprint density at radius 2 is 1.81 bits per heavy atom. The predicted molar refractivity (Wildman–Crippen MR) is 58.2 cm³/mol. The molecule has 0 unspecified atom stereocenters. The molecule has 88 valence electrons. The van der Waals surface area contributed by atoms with Gasteiger partial charge in [0, 0.05) is 6.54 Å². The number of alkyl halides is 3. The molecule has 0 aliphatic carbocycles. The molecule has 1 aromatic carbocycles. The molecule has 0 heterocycles. The van der Waals surface area contributed by atoms with Gasteiger partial charge in [0.2, 0.25) is 0 Å². The first-order chi connectivity index (χ1) is 7.43. The van der Waals surface area contributed by atoms with Gasteiger partial charge in [0.1, 0.15) is 0 Å². The normalized spacial score (nSPS) is 11.5. The number of hydrogen-bond acceptors (Lipinski definition) is 1. The summed E-state index contributed by atoms with van der Waals surface area (Å²) >= 11 is 0. The van der Waals surface area contributed by atoms with Gasteiger partial charge in [0.25, 0.3) is 0 Å². The van der Waals surface area contributed by atoms with Crippen molar-refractivity contribution < 1.29 is 13.2 Å². The van der Waals surface area contributed by atoms with Crippen molar-refractivity contribution in [2.45, 2.75) is 12.6 Å². The van der Waals surface area contributed by atoms with Crippen LogP contribution in [0.4, 0.5) is 13.2 Å². The maximum atomic E-state index is 12.3. The van der Waals surface area contributed by atoms with Crippen LogP contribution in [-0.4, -0.2) is 13.6 Å². The van der Waals surface area contributed by atoms with E-state index < -0.39 is 11.7 Å². The third-order valence-corrected chi connectivity index (χ3v) is 2.16. The van der Waals surface area contributed by atoms with Crippen molar-refractivity contribution in [3.05, 3.63) is 47.5 Å². The van der Waals surface area contributed by atoms with Gasteiger partial charge in [0.15, 0.2) is 0 Å². The zero-order valence-corrected chi connectivity index (χ0v) is 9.06. The number of rotatable bonds is 4. The van der Waals surface area contributed by atoms with Crippen molar-refractivity contribution in [1.82, 2.24) is 5.32 Å². The van der Waals surface area contributed by atoms with Crippen LogP contribution in [0.5, 0.6) is 0 Å². The maximum absolute atomic E-state index is 12.3. The van der Waals surface area contributed by atoms with Crippen LogP contribution in [0.3, 0.4) is 0 Å². The highest BCUT2D eigenvalue weighted by Crippen LogP contribution is 2.29. The molecule has 1 rings (SSSR count). The highest BCUT2D eigenvalue weighted by Gasteiger charge is 2.29. The zero-order chi connectivity index (χ0) is 12.2. The molecule has 0 fully saturated rings. The molecule has 0 aliphatic heterocycles. The number of hydrogen-bond donors (Lipinski definition) is 1. The SMILES string of the molecule is C=C(CNC)Cc1ccc(C(F)(F)F)cc1. The second-order valence-electron chi connectivity index (χ2n) is 3.65. The Hall–Kier alpha value is -1.29. The van der Waals surface area contributed by atoms with Crippen LogP contribution in [0, 0.1) is 0 Å². The molecular weight excluding hydrogens is 215 g/mol. The van der Waals surface area contributed by atoms with Gasteiger partial charge in [-0.1, -0.05) is 24.3 Å². The van der Waals surface area contributed by atoms with Crippen LogP contribution in [0.15, 0.2) is 36.4 Å². The smallest absolute Gasteiger partial charge is 0.316 e. The molecule has 4 heteroatoms. The first kappa shape index (κ1) is 12.8. The fraction of sp³-hybridized carbons (Fsp3) is 0.333. The Bertz CT molecular complexity index is 352. The Kier molecular flexibility index (Phi) is 4.12. The predicted octanol–water partition coefficient (Wildman–Crippen LogP) is 3.02. The van der Waals surface area contributed by atoms with Gasteiger partial charge < -0.3 is 5.32 Å². The van der Waals surface area contributed by atoms with Crippen LogP contribution >= 0.6 is 0 Å². The molecule has 0 saturated heterocycles. The van der Waals surface area contributed by atoms with Gasteiger partial charge in [-0.05, 0) is 31.2 Å². The van der Waals surface area contributed by atoms with E-state index in [0.29, 0.717) is 13.0 Å². The summed E-state index contributed by atoms with van der Waals surface area (Å²) < 4.78 is 36.8. The topological polar surface area (TPSA) is 12.0 Å². The van der Waals surface area contributed by atoms with Crippen LogP contribution in [0.25, 0.3) is 0 Å². The van der Waals surface area contributed by atoms with Crippen LogP contribution in [-0.2, 0) is 12.6 Å². The van der Waals surface area contributed by atoms with Crippen LogP contribution in [0.2, 0.25) is 0 Å². The monoisotopic (exact) mass is 229 g/mol. The van der Waals surface area contributed by atoms with Crippen LogP contribution in [0.1, 0.15) is 11.1 Å². The van der Waals surface area contributed by atoms with E-state index in [-0.39, 0.29) is 0 Å². The summed E-state index contributed by atoms with van der Waals surface area (Å²) in [5.41, 5.74) is 1.17. The largest absolute Gasteiger partial charge is 0.416 e. The second-order valence-corrected chi connectivity index (χ2v) is 3.65. The average molecular weight is 229 g/mol. The van der Waals surface area contributed by atoms with Crippen molar-refractivity contribution in [2.75, 3.05) is 13.6 Å². The highest BCUT2D eigenvalue weighted by molar-refractivity contribution is 5.27. The minimum atomic E-state index is -4.26. The van der Waals surface area contributed by atoms with Crippen molar-refractivity contribution in [3.63, 3.8) is 0 Å². The van der Waals surface area contributed by atoms with Gasteiger partial charge in [-0.2, -0.15) is 13.2 Å². The number of benzene rings is 1. The Morgan fingerprint density at radius 1 is 1.25 bits per heavy atom. The summed E-state index contributed by atoms with van der Waals surface area (Å²) in [5.74, 6) is 0. The Morgan fingerprint density at radius 3 is 2.25 bits per heavy atom. The third kappa shape index (κ3) is 3.70. The molecule has 0 saturated carbocycles. The van der Waals surface area contributed by atoms with Gasteiger partial charge in [-0.3, -0.25) is 0 Å². The Labute approximate surface area is 93.0 Å². The van der Waals surface area contributed by atoms with E-state index in [4.69, 9.17) is 0 Å². The van der Waals surface area contributed by atoms with Gasteiger partial charge in [0.05, 0.1) is 5.56 Å². The lowest BCUT2D eigenvalue weighted by atomic mass is 10.0. The zero-order valence-electron chi connectivity index (χ0n) is 9.06. The molecule has 0 aliphatic rings. The lowest BCUT2D eigenvalue weighted by molar-refractivity contribution is -0.137. The lowest BCUT2D eigenvalue weighted by Gasteiger charge is -2.08. The van der Waals surface area contributed by atoms with E-state index >= 15 is 0 Å². The van der Waals surface area contributed by atoms with Crippen molar-refractivity contribution in [3.8, 4) is 0 Å². The summed E-state index contributed by atoms with van der Waals surface area (Å²) in [6.45, 7) is 4.49. The molecule has 1 aromatic rings. The van der Waals surface area contributed by atoms with E-state index in [1.54, 1.807) is 7.05 Å². The molecule has 1 nitrogen and oxygen atoms in total. The van der Waals surface area contributed by atoms with E-state index in [0.717, 1.165) is 23.3 Å². The first-order valence-corrected chi connectivity index (χ1v) is 4.91. The second kappa shape index (κ2) is 5.16. The Balaban J connectivity index is 2.69. The van der Waals surface area contributed by atoms with Gasteiger partial charge >= 0.3 is 6.18 Å². The first-order valence-electron chi connectivity index (χ1n) is 4.91. The molecule has 0 aromatic heterocycles. The minimum absolute atomic E-state index is 0.596. The molecular formula is C12H14F3N. The molecule has 1 N–H and O–H groups in total. The fourth-order valence-corrected chi connectivity index (χ4v) is 1.41. The summed E-state index contributed by atoms with van der Waals surface area (Å²) in [6, 6.07) is 5.18. The number of halogens is 3. The van der Waals surface area contributed by atoms with Gasteiger partial charge in [-0.15, -0.1) is 0 Å². The standard InChI is InChI=1S/C12H14F3N/c1-9(8-16-2)7-10-3-5-11(6-4-10)12(13,14)15/h3-6,16H,1,7-8H2,2H3. The molecule has 0 spiro atoms. The third-order valence-electron chi connectivity index (χ3n) is 2.16.